The highest BCUT2D eigenvalue weighted by Crippen LogP contribution is 2.21. The molecule has 2 aromatic rings. The number of nitrogens with zero attached hydrogens (tertiary/aromatic N) is 1. The van der Waals surface area contributed by atoms with Gasteiger partial charge in [0.25, 0.3) is 0 Å². The monoisotopic (exact) mass is 226 g/mol. The van der Waals surface area contributed by atoms with Crippen molar-refractivity contribution in [2.75, 3.05) is 5.32 Å². The van der Waals surface area contributed by atoms with Gasteiger partial charge in [0.05, 0.1) is 0 Å². The van der Waals surface area contributed by atoms with Crippen molar-refractivity contribution in [2.45, 2.75) is 0 Å². The molecule has 0 atom stereocenters. The van der Waals surface area contributed by atoms with Gasteiger partial charge >= 0.3 is 0 Å². The highest BCUT2D eigenvalue weighted by atomic mass is 16.3. The number of nitrogens with one attached hydrogen (secondary N) is 1. The van der Waals surface area contributed by atoms with Crippen LogP contribution in [0.5, 0.6) is 0 Å². The van der Waals surface area contributed by atoms with Crippen molar-refractivity contribution in [3.05, 3.63) is 59.0 Å². The molecule has 4 heteroatoms. The minimum atomic E-state index is 0.374. The first-order chi connectivity index (χ1) is 8.33. The summed E-state index contributed by atoms with van der Waals surface area (Å²) >= 11 is 0. The molecule has 4 nitrogen and oxygen atoms in total. The molecule has 0 unspecified atom stereocenters. The molecule has 0 aliphatic heterocycles. The lowest BCUT2D eigenvalue weighted by molar-refractivity contribution is 0.112. The Kier molecular flexibility index (Phi) is 3.25. The zero-order valence-electron chi connectivity index (χ0n) is 8.96. The van der Waals surface area contributed by atoms with E-state index in [1.165, 1.54) is 0 Å². The number of carbonyl (C=O) groups excluding carboxylic acids is 1. The molecule has 1 N–H and O–H groups in total. The van der Waals surface area contributed by atoms with E-state index in [9.17, 15) is 9.70 Å². The fourth-order valence-electron chi connectivity index (χ4n) is 1.47. The van der Waals surface area contributed by atoms with E-state index in [0.29, 0.717) is 11.3 Å². The van der Waals surface area contributed by atoms with Gasteiger partial charge in [0.15, 0.2) is 6.29 Å². The standard InChI is InChI=1S/C13H10N2O2/c16-9-10-3-1-2-4-13(10)14-11-5-7-12(15-17)8-6-11/h1-9,14H. The molecule has 0 bridgehead atoms. The Balaban J connectivity index is 2.24. The highest BCUT2D eigenvalue weighted by molar-refractivity contribution is 5.85. The van der Waals surface area contributed by atoms with Crippen molar-refractivity contribution in [1.82, 2.24) is 0 Å². The van der Waals surface area contributed by atoms with Gasteiger partial charge < -0.3 is 5.32 Å². The zero-order chi connectivity index (χ0) is 12.1. The van der Waals surface area contributed by atoms with Crippen LogP contribution >= 0.6 is 0 Å². The topological polar surface area (TPSA) is 58.5 Å². The lowest BCUT2D eigenvalue weighted by Crippen LogP contribution is -1.94. The fraction of sp³-hybridized carbons (Fsp3) is 0. The Labute approximate surface area is 98.3 Å². The predicted octanol–water partition coefficient (Wildman–Crippen LogP) is 3.64. The van der Waals surface area contributed by atoms with E-state index >= 15 is 0 Å². The summed E-state index contributed by atoms with van der Waals surface area (Å²) in [5, 5.41) is 5.92. The van der Waals surface area contributed by atoms with Gasteiger partial charge in [-0.15, -0.1) is 4.91 Å². The lowest BCUT2D eigenvalue weighted by atomic mass is 10.2. The van der Waals surface area contributed by atoms with Crippen molar-refractivity contribution in [3.63, 3.8) is 0 Å². The second kappa shape index (κ2) is 5.03. The second-order valence-electron chi connectivity index (χ2n) is 3.47. The van der Waals surface area contributed by atoms with Gasteiger partial charge in [-0.05, 0) is 41.6 Å². The van der Waals surface area contributed by atoms with Crippen molar-refractivity contribution in [2.24, 2.45) is 5.18 Å². The quantitative estimate of drug-likeness (QED) is 0.639. The first-order valence-electron chi connectivity index (χ1n) is 5.08. The predicted molar refractivity (Wildman–Crippen MR) is 67.0 cm³/mol. The highest BCUT2D eigenvalue weighted by Gasteiger charge is 2.00. The number of para-hydroxylation sites is 1. The first-order valence-corrected chi connectivity index (χ1v) is 5.08. The Bertz CT molecular complexity index is 535. The van der Waals surface area contributed by atoms with Crippen molar-refractivity contribution < 1.29 is 4.79 Å². The Morgan fingerprint density at radius 3 is 2.35 bits per heavy atom. The second-order valence-corrected chi connectivity index (χ2v) is 3.47. The third-order valence-electron chi connectivity index (χ3n) is 2.34. The lowest BCUT2D eigenvalue weighted by Gasteiger charge is -2.08. The largest absolute Gasteiger partial charge is 0.355 e. The summed E-state index contributed by atoms with van der Waals surface area (Å²) in [5.41, 5.74) is 2.49. The van der Waals surface area contributed by atoms with E-state index in [4.69, 9.17) is 0 Å². The van der Waals surface area contributed by atoms with Gasteiger partial charge in [-0.1, -0.05) is 12.1 Å². The van der Waals surface area contributed by atoms with Crippen LogP contribution in [-0.4, -0.2) is 6.29 Å². The molecule has 0 saturated carbocycles. The van der Waals surface area contributed by atoms with Crippen molar-refractivity contribution in [1.29, 1.82) is 0 Å². The third-order valence-corrected chi connectivity index (χ3v) is 2.34. The Morgan fingerprint density at radius 1 is 1.00 bits per heavy atom. The smallest absolute Gasteiger partial charge is 0.152 e. The average molecular weight is 226 g/mol. The number of nitroso groups, excluding NO2 is 1. The molecule has 2 aromatic carbocycles. The van der Waals surface area contributed by atoms with E-state index in [0.717, 1.165) is 17.7 Å². The number of anilines is 2. The summed E-state index contributed by atoms with van der Waals surface area (Å²) in [6.45, 7) is 0. The van der Waals surface area contributed by atoms with Crippen LogP contribution in [0.4, 0.5) is 17.1 Å². The molecule has 0 aliphatic rings. The summed E-state index contributed by atoms with van der Waals surface area (Å²) in [4.78, 5) is 21.1. The van der Waals surface area contributed by atoms with Crippen LogP contribution in [0, 0.1) is 4.91 Å². The van der Waals surface area contributed by atoms with E-state index in [2.05, 4.69) is 10.5 Å². The van der Waals surface area contributed by atoms with Crippen LogP contribution in [0.15, 0.2) is 53.7 Å². The molecule has 0 spiro atoms. The molecule has 0 fully saturated rings. The minimum absolute atomic E-state index is 0.374. The van der Waals surface area contributed by atoms with Gasteiger partial charge in [0.2, 0.25) is 0 Å². The molecule has 0 aliphatic carbocycles. The maximum Gasteiger partial charge on any atom is 0.152 e. The normalized spacial score (nSPS) is 9.65. The molecule has 0 saturated heterocycles. The molecule has 2 rings (SSSR count). The third kappa shape index (κ3) is 2.55. The molecular weight excluding hydrogens is 216 g/mol. The zero-order valence-corrected chi connectivity index (χ0v) is 8.96. The van der Waals surface area contributed by atoms with Gasteiger partial charge in [-0.3, -0.25) is 4.79 Å². The first kappa shape index (κ1) is 11.0. The summed E-state index contributed by atoms with van der Waals surface area (Å²) < 4.78 is 0. The van der Waals surface area contributed by atoms with Crippen LogP contribution in [0.3, 0.4) is 0 Å². The SMILES string of the molecule is O=Cc1ccccc1Nc1ccc(N=O)cc1. The molecule has 0 heterocycles. The molecule has 84 valence electrons. The van der Waals surface area contributed by atoms with Crippen LogP contribution in [0.1, 0.15) is 10.4 Å². The van der Waals surface area contributed by atoms with E-state index < -0.39 is 0 Å². The number of hydrogen-bond acceptors (Lipinski definition) is 4. The van der Waals surface area contributed by atoms with Crippen molar-refractivity contribution in [3.8, 4) is 0 Å². The Morgan fingerprint density at radius 2 is 1.71 bits per heavy atom. The number of benzene rings is 2. The van der Waals surface area contributed by atoms with Gasteiger partial charge in [-0.25, -0.2) is 0 Å². The van der Waals surface area contributed by atoms with E-state index in [-0.39, 0.29) is 0 Å². The maximum atomic E-state index is 10.8. The van der Waals surface area contributed by atoms with Crippen LogP contribution < -0.4 is 5.32 Å². The number of hydrogen-bond donors (Lipinski definition) is 1. The summed E-state index contributed by atoms with van der Waals surface area (Å²) in [7, 11) is 0. The summed E-state index contributed by atoms with van der Waals surface area (Å²) in [6.07, 6.45) is 0.795. The molecule has 0 radical (unpaired) electrons. The molecular formula is C13H10N2O2. The summed E-state index contributed by atoms with van der Waals surface area (Å²) in [6, 6.07) is 13.9. The molecule has 0 amide bonds. The molecule has 17 heavy (non-hydrogen) atoms. The van der Waals surface area contributed by atoms with Crippen molar-refractivity contribution >= 4 is 23.3 Å². The molecule has 0 aromatic heterocycles. The van der Waals surface area contributed by atoms with Gasteiger partial charge in [-0.2, -0.15) is 0 Å². The number of aldehydes is 1. The van der Waals surface area contributed by atoms with E-state index in [1.807, 2.05) is 12.1 Å². The van der Waals surface area contributed by atoms with Crippen LogP contribution in [-0.2, 0) is 0 Å². The van der Waals surface area contributed by atoms with Gasteiger partial charge in [0, 0.05) is 16.9 Å². The minimum Gasteiger partial charge on any atom is -0.355 e. The summed E-state index contributed by atoms with van der Waals surface area (Å²) in [5.74, 6) is 0. The fourth-order valence-corrected chi connectivity index (χ4v) is 1.47. The maximum absolute atomic E-state index is 10.8. The number of carbonyl (C=O) groups is 1. The van der Waals surface area contributed by atoms with Gasteiger partial charge in [0.1, 0.15) is 5.69 Å². The number of rotatable bonds is 4. The van der Waals surface area contributed by atoms with Crippen LogP contribution in [0.25, 0.3) is 0 Å². The Hall–Kier alpha value is -2.49. The van der Waals surface area contributed by atoms with E-state index in [1.54, 1.807) is 36.4 Å². The van der Waals surface area contributed by atoms with Crippen LogP contribution in [0.2, 0.25) is 0 Å². The average Bonchev–Trinajstić information content (AvgIpc) is 2.40.